The van der Waals surface area contributed by atoms with Crippen LogP contribution in [0.3, 0.4) is 0 Å². The molecule has 0 saturated carbocycles. The molecule has 0 bridgehead atoms. The van der Waals surface area contributed by atoms with Crippen molar-refractivity contribution >= 4 is 60.4 Å². The monoisotopic (exact) mass is 751 g/mol. The first-order valence-electron chi connectivity index (χ1n) is 20.1. The summed E-state index contributed by atoms with van der Waals surface area (Å²) in [6.07, 6.45) is 0. The molecular formula is C56H37N3. The molecule has 0 saturated heterocycles. The predicted molar refractivity (Wildman–Crippen MR) is 248 cm³/mol. The van der Waals surface area contributed by atoms with Crippen molar-refractivity contribution in [3.63, 3.8) is 0 Å². The van der Waals surface area contributed by atoms with Crippen molar-refractivity contribution in [2.75, 3.05) is 4.90 Å². The second-order valence-corrected chi connectivity index (χ2v) is 14.9. The smallest absolute Gasteiger partial charge is 0.0788 e. The summed E-state index contributed by atoms with van der Waals surface area (Å²) in [5.74, 6) is 0. The summed E-state index contributed by atoms with van der Waals surface area (Å²) in [6, 6.07) is 79.7. The first kappa shape index (κ1) is 34.4. The van der Waals surface area contributed by atoms with Gasteiger partial charge in [0.25, 0.3) is 0 Å². The van der Waals surface area contributed by atoms with E-state index in [1.54, 1.807) is 0 Å². The number of nitrogens with zero attached hydrogens (tertiary/aromatic N) is 3. The zero-order valence-corrected chi connectivity index (χ0v) is 32.2. The van der Waals surface area contributed by atoms with Crippen molar-refractivity contribution in [3.05, 3.63) is 224 Å². The highest BCUT2D eigenvalue weighted by molar-refractivity contribution is 6.24. The van der Waals surface area contributed by atoms with Crippen LogP contribution in [0, 0.1) is 0 Å². The third-order valence-corrected chi connectivity index (χ3v) is 11.4. The molecule has 0 aliphatic carbocycles. The number of rotatable bonds is 7. The molecule has 2 aromatic heterocycles. The maximum Gasteiger partial charge on any atom is 0.0788 e. The van der Waals surface area contributed by atoms with Gasteiger partial charge in [0.2, 0.25) is 0 Å². The van der Waals surface area contributed by atoms with Crippen molar-refractivity contribution in [1.29, 1.82) is 0 Å². The van der Waals surface area contributed by atoms with Crippen LogP contribution in [-0.4, -0.2) is 9.97 Å². The summed E-state index contributed by atoms with van der Waals surface area (Å²) in [7, 11) is 0. The van der Waals surface area contributed by atoms with Crippen molar-refractivity contribution < 1.29 is 0 Å². The van der Waals surface area contributed by atoms with E-state index in [0.717, 1.165) is 83.3 Å². The fourth-order valence-electron chi connectivity index (χ4n) is 8.65. The number of hydrogen-bond donors (Lipinski definition) is 0. The predicted octanol–water partition coefficient (Wildman–Crippen LogP) is 15.2. The molecule has 0 aliphatic heterocycles. The van der Waals surface area contributed by atoms with Gasteiger partial charge in [0.1, 0.15) is 0 Å². The van der Waals surface area contributed by atoms with E-state index in [9.17, 15) is 0 Å². The summed E-state index contributed by atoms with van der Waals surface area (Å²) in [4.78, 5) is 13.1. The number of para-hydroxylation sites is 3. The quantitative estimate of drug-likeness (QED) is 0.152. The highest BCUT2D eigenvalue weighted by atomic mass is 15.1. The summed E-state index contributed by atoms with van der Waals surface area (Å²) >= 11 is 0. The van der Waals surface area contributed by atoms with E-state index in [-0.39, 0.29) is 0 Å². The van der Waals surface area contributed by atoms with Crippen LogP contribution in [0.5, 0.6) is 0 Å². The molecule has 11 rings (SSSR count). The van der Waals surface area contributed by atoms with Crippen molar-refractivity contribution in [3.8, 4) is 44.8 Å². The molecule has 11 aromatic rings. The van der Waals surface area contributed by atoms with Gasteiger partial charge in [-0.05, 0) is 81.6 Å². The summed E-state index contributed by atoms with van der Waals surface area (Å²) in [5.41, 5.74) is 14.0. The lowest BCUT2D eigenvalue weighted by Gasteiger charge is -2.26. The molecule has 3 heteroatoms. The third kappa shape index (κ3) is 6.17. The Labute approximate surface area is 343 Å². The Bertz CT molecular complexity index is 3250. The molecule has 0 fully saturated rings. The van der Waals surface area contributed by atoms with E-state index in [4.69, 9.17) is 9.97 Å². The molecule has 3 nitrogen and oxygen atoms in total. The van der Waals surface area contributed by atoms with Gasteiger partial charge in [-0.1, -0.05) is 176 Å². The maximum atomic E-state index is 5.46. The van der Waals surface area contributed by atoms with E-state index in [1.807, 2.05) is 0 Å². The Morgan fingerprint density at radius 1 is 0.288 bits per heavy atom. The Morgan fingerprint density at radius 3 is 1.56 bits per heavy atom. The third-order valence-electron chi connectivity index (χ3n) is 11.4. The molecule has 0 radical (unpaired) electrons. The molecule has 0 spiro atoms. The van der Waals surface area contributed by atoms with Gasteiger partial charge in [-0.25, -0.2) is 9.97 Å². The normalized spacial score (nSPS) is 11.4. The summed E-state index contributed by atoms with van der Waals surface area (Å²) in [5, 5.41) is 6.87. The molecule has 9 aromatic carbocycles. The summed E-state index contributed by atoms with van der Waals surface area (Å²) in [6.45, 7) is 0. The zero-order chi connectivity index (χ0) is 39.1. The van der Waals surface area contributed by atoms with E-state index < -0.39 is 0 Å². The van der Waals surface area contributed by atoms with Crippen LogP contribution in [0.15, 0.2) is 224 Å². The maximum absolute atomic E-state index is 5.46. The first-order chi connectivity index (χ1) is 29.3. The topological polar surface area (TPSA) is 29.0 Å². The molecular weight excluding hydrogens is 715 g/mol. The lowest BCUT2D eigenvalue weighted by atomic mass is 9.91. The Balaban J connectivity index is 1.12. The number of aromatic nitrogens is 2. The average Bonchev–Trinajstić information content (AvgIpc) is 3.32. The van der Waals surface area contributed by atoms with Gasteiger partial charge < -0.3 is 4.90 Å². The molecule has 0 aliphatic rings. The van der Waals surface area contributed by atoms with Crippen LogP contribution in [0.4, 0.5) is 17.1 Å². The lowest BCUT2D eigenvalue weighted by molar-refractivity contribution is 1.28. The number of fused-ring (bicyclic) bond motifs is 6. The second-order valence-electron chi connectivity index (χ2n) is 14.9. The van der Waals surface area contributed by atoms with Crippen LogP contribution >= 0.6 is 0 Å². The molecule has 0 N–H and O–H groups in total. The van der Waals surface area contributed by atoms with E-state index in [1.165, 1.54) is 21.9 Å². The Morgan fingerprint density at radius 2 is 0.847 bits per heavy atom. The van der Waals surface area contributed by atoms with Gasteiger partial charge in [0, 0.05) is 49.7 Å². The van der Waals surface area contributed by atoms with E-state index in [0.29, 0.717) is 0 Å². The number of pyridine rings is 2. The van der Waals surface area contributed by atoms with Crippen LogP contribution in [-0.2, 0) is 0 Å². The van der Waals surface area contributed by atoms with Gasteiger partial charge in [0.15, 0.2) is 0 Å². The molecule has 2 heterocycles. The van der Waals surface area contributed by atoms with Crippen molar-refractivity contribution in [1.82, 2.24) is 9.97 Å². The standard InChI is InChI=1S/C56H37N3/c1-5-16-38(17-6-1)39-28-30-40(31-29-39)51-37-54(57-52-27-14-13-24-47(51)52)46-25-15-26-48-45(46)34-35-50-55(48)49-33-32-44(36-53(49)58-56(50)41-18-7-2-8-19-41)59(42-20-9-3-10-21-42)43-22-11-4-12-23-43/h1-37H. The van der Waals surface area contributed by atoms with Crippen LogP contribution < -0.4 is 4.90 Å². The Kier molecular flexibility index (Phi) is 8.49. The van der Waals surface area contributed by atoms with Crippen molar-refractivity contribution in [2.45, 2.75) is 0 Å². The van der Waals surface area contributed by atoms with Gasteiger partial charge in [0.05, 0.1) is 22.4 Å². The highest BCUT2D eigenvalue weighted by Crippen LogP contribution is 2.43. The molecule has 276 valence electrons. The van der Waals surface area contributed by atoms with Gasteiger partial charge in [-0.3, -0.25) is 0 Å². The lowest BCUT2D eigenvalue weighted by Crippen LogP contribution is -2.09. The van der Waals surface area contributed by atoms with Crippen LogP contribution in [0.25, 0.3) is 88.1 Å². The highest BCUT2D eigenvalue weighted by Gasteiger charge is 2.19. The first-order valence-corrected chi connectivity index (χ1v) is 20.1. The van der Waals surface area contributed by atoms with E-state index in [2.05, 4.69) is 229 Å². The minimum atomic E-state index is 0.939. The number of anilines is 3. The van der Waals surface area contributed by atoms with E-state index >= 15 is 0 Å². The zero-order valence-electron chi connectivity index (χ0n) is 32.2. The van der Waals surface area contributed by atoms with Gasteiger partial charge in [-0.2, -0.15) is 0 Å². The molecule has 0 amide bonds. The molecule has 59 heavy (non-hydrogen) atoms. The van der Waals surface area contributed by atoms with Crippen LogP contribution in [0.1, 0.15) is 0 Å². The molecule has 0 unspecified atom stereocenters. The summed E-state index contributed by atoms with van der Waals surface area (Å²) < 4.78 is 0. The minimum Gasteiger partial charge on any atom is -0.310 e. The SMILES string of the molecule is c1ccc(-c2ccc(-c3cc(-c4cccc5c4ccc4c(-c6ccccc6)nc6cc(N(c7ccccc7)c7ccccc7)ccc6c45)nc4ccccc34)cc2)cc1. The largest absolute Gasteiger partial charge is 0.310 e. The average molecular weight is 752 g/mol. The number of benzene rings is 9. The fraction of sp³-hybridized carbons (Fsp3) is 0. The Hall–Kier alpha value is -7.88. The van der Waals surface area contributed by atoms with Crippen LogP contribution in [0.2, 0.25) is 0 Å². The molecule has 0 atom stereocenters. The second kappa shape index (κ2) is 14.6. The number of hydrogen-bond acceptors (Lipinski definition) is 3. The fourth-order valence-corrected chi connectivity index (χ4v) is 8.65. The van der Waals surface area contributed by atoms with Crippen molar-refractivity contribution in [2.24, 2.45) is 0 Å². The van der Waals surface area contributed by atoms with Gasteiger partial charge in [-0.15, -0.1) is 0 Å². The minimum absolute atomic E-state index is 0.939. The van der Waals surface area contributed by atoms with Gasteiger partial charge >= 0.3 is 0 Å².